The van der Waals surface area contributed by atoms with Crippen LogP contribution in [-0.4, -0.2) is 49.2 Å². The second kappa shape index (κ2) is 11.5. The van der Waals surface area contributed by atoms with Gasteiger partial charge in [-0.1, -0.05) is 35.3 Å². The summed E-state index contributed by atoms with van der Waals surface area (Å²) in [5.41, 5.74) is 2.22. The number of aromatic nitrogens is 4. The number of benzene rings is 3. The fourth-order valence-electron chi connectivity index (χ4n) is 5.12. The van der Waals surface area contributed by atoms with Crippen LogP contribution in [0.5, 0.6) is 5.75 Å². The molecule has 1 aliphatic heterocycles. The minimum absolute atomic E-state index is 0.0806. The quantitative estimate of drug-likeness (QED) is 0.162. The van der Waals surface area contributed by atoms with Crippen LogP contribution >= 0.6 is 23.2 Å². The molecule has 0 saturated carbocycles. The van der Waals surface area contributed by atoms with Gasteiger partial charge in [0.05, 0.1) is 9.95 Å². The van der Waals surface area contributed by atoms with Gasteiger partial charge < -0.3 is 15.0 Å². The number of hydrogen-bond donors (Lipinski definition) is 1. The number of non-ortho nitro benzene ring substituents is 1. The van der Waals surface area contributed by atoms with Gasteiger partial charge in [0.15, 0.2) is 17.0 Å². The second-order valence-electron chi connectivity index (χ2n) is 10.4. The van der Waals surface area contributed by atoms with Crippen LogP contribution in [-0.2, 0) is 0 Å². The minimum atomic E-state index is -0.625. The number of nitro groups is 1. The Morgan fingerprint density at radius 2 is 1.70 bits per heavy atom. The van der Waals surface area contributed by atoms with Crippen LogP contribution in [0.15, 0.2) is 79.1 Å². The topological polar surface area (TPSA) is 128 Å². The van der Waals surface area contributed by atoms with Gasteiger partial charge in [-0.25, -0.2) is 19.7 Å². The first kappa shape index (κ1) is 28.4. The number of anilines is 1. The zero-order valence-corrected chi connectivity index (χ0v) is 24.4. The molecule has 13 heteroatoms. The van der Waals surface area contributed by atoms with E-state index in [1.807, 2.05) is 60.0 Å². The van der Waals surface area contributed by atoms with Crippen LogP contribution in [0.2, 0.25) is 10.0 Å². The number of fused-ring (bicyclic) bond motifs is 1. The van der Waals surface area contributed by atoms with Crippen molar-refractivity contribution in [3.05, 3.63) is 99.3 Å². The van der Waals surface area contributed by atoms with Gasteiger partial charge in [0.2, 0.25) is 0 Å². The standard InChI is InChI=1S/C30H25Cl2N7O4/c1-30(36-29(40)43-22-12-10-21(11-13-22)39(41)42)14-16-37(17-15-30)27-25-28(34-18-33-27)38(20-8-6-19(31)7-9-20)26(35-25)23-4-2-3-5-24(23)32/h2-13,18H,14-17H2,1H3,(H,36,40). The summed E-state index contributed by atoms with van der Waals surface area (Å²) >= 11 is 12.8. The Morgan fingerprint density at radius 1 is 1.00 bits per heavy atom. The molecule has 5 aromatic rings. The normalized spacial score (nSPS) is 14.4. The number of carbonyl (C=O) groups is 1. The van der Waals surface area contributed by atoms with Crippen molar-refractivity contribution in [2.75, 3.05) is 18.0 Å². The average Bonchev–Trinajstić information content (AvgIpc) is 3.38. The van der Waals surface area contributed by atoms with Gasteiger partial charge in [-0.2, -0.15) is 0 Å². The maximum atomic E-state index is 12.7. The highest BCUT2D eigenvalue weighted by atomic mass is 35.5. The fourth-order valence-corrected chi connectivity index (χ4v) is 5.47. The maximum absolute atomic E-state index is 12.7. The van der Waals surface area contributed by atoms with Gasteiger partial charge in [-0.05, 0) is 68.3 Å². The molecular formula is C30H25Cl2N7O4. The van der Waals surface area contributed by atoms with Crippen molar-refractivity contribution < 1.29 is 14.5 Å². The summed E-state index contributed by atoms with van der Waals surface area (Å²) in [5.74, 6) is 1.53. The largest absolute Gasteiger partial charge is 0.413 e. The Bertz CT molecular complexity index is 1820. The molecule has 1 saturated heterocycles. The van der Waals surface area contributed by atoms with Crippen LogP contribution in [0, 0.1) is 10.1 Å². The van der Waals surface area contributed by atoms with Crippen molar-refractivity contribution in [2.45, 2.75) is 25.3 Å². The molecule has 2 aromatic heterocycles. The van der Waals surface area contributed by atoms with Crippen molar-refractivity contribution in [2.24, 2.45) is 0 Å². The van der Waals surface area contributed by atoms with Crippen molar-refractivity contribution in [1.29, 1.82) is 0 Å². The molecule has 3 aromatic carbocycles. The molecule has 1 aliphatic rings. The number of halogens is 2. The number of nitrogens with zero attached hydrogens (tertiary/aromatic N) is 6. The lowest BCUT2D eigenvalue weighted by Crippen LogP contribution is -2.54. The lowest BCUT2D eigenvalue weighted by Gasteiger charge is -2.40. The Kier molecular flexibility index (Phi) is 7.59. The molecule has 218 valence electrons. The molecule has 1 fully saturated rings. The molecule has 0 aliphatic carbocycles. The van der Waals surface area contributed by atoms with Gasteiger partial charge in [0, 0.05) is 47.0 Å². The van der Waals surface area contributed by atoms with E-state index in [1.165, 1.54) is 30.6 Å². The highest BCUT2D eigenvalue weighted by molar-refractivity contribution is 6.33. The number of nitrogens with one attached hydrogen (secondary N) is 1. The van der Waals surface area contributed by atoms with E-state index in [1.54, 1.807) is 0 Å². The second-order valence-corrected chi connectivity index (χ2v) is 11.3. The third-order valence-electron chi connectivity index (χ3n) is 7.45. The number of rotatable bonds is 6. The predicted molar refractivity (Wildman–Crippen MR) is 164 cm³/mol. The Morgan fingerprint density at radius 3 is 2.37 bits per heavy atom. The lowest BCUT2D eigenvalue weighted by atomic mass is 9.90. The summed E-state index contributed by atoms with van der Waals surface area (Å²) in [4.78, 5) is 39.4. The summed E-state index contributed by atoms with van der Waals surface area (Å²) in [6, 6.07) is 20.3. The summed E-state index contributed by atoms with van der Waals surface area (Å²) < 4.78 is 7.31. The summed E-state index contributed by atoms with van der Waals surface area (Å²) in [6.45, 7) is 3.15. The van der Waals surface area contributed by atoms with Crippen LogP contribution in [0.1, 0.15) is 19.8 Å². The monoisotopic (exact) mass is 617 g/mol. The van der Waals surface area contributed by atoms with Gasteiger partial charge in [-0.3, -0.25) is 14.7 Å². The number of imidazole rings is 1. The summed E-state index contributed by atoms with van der Waals surface area (Å²) in [6.07, 6.45) is 2.13. The van der Waals surface area contributed by atoms with E-state index in [0.717, 1.165) is 11.3 Å². The predicted octanol–water partition coefficient (Wildman–Crippen LogP) is 6.85. The highest BCUT2D eigenvalue weighted by Crippen LogP contribution is 2.36. The Hall–Kier alpha value is -4.74. The van der Waals surface area contributed by atoms with Gasteiger partial charge >= 0.3 is 6.09 Å². The number of hydrogen-bond acceptors (Lipinski definition) is 8. The fraction of sp³-hybridized carbons (Fsp3) is 0.200. The smallest absolute Gasteiger partial charge is 0.410 e. The van der Waals surface area contributed by atoms with Crippen molar-refractivity contribution >= 4 is 52.0 Å². The summed E-state index contributed by atoms with van der Waals surface area (Å²) in [5, 5.41) is 15.0. The number of piperidine rings is 1. The highest BCUT2D eigenvalue weighted by Gasteiger charge is 2.34. The van der Waals surface area contributed by atoms with Crippen LogP contribution < -0.4 is 15.0 Å². The van der Waals surface area contributed by atoms with Crippen molar-refractivity contribution in [3.8, 4) is 22.8 Å². The van der Waals surface area contributed by atoms with E-state index in [-0.39, 0.29) is 11.4 Å². The van der Waals surface area contributed by atoms with Crippen molar-refractivity contribution in [1.82, 2.24) is 24.8 Å². The Labute approximate surface area is 256 Å². The van der Waals surface area contributed by atoms with E-state index >= 15 is 0 Å². The van der Waals surface area contributed by atoms with Gasteiger partial charge in [-0.15, -0.1) is 0 Å². The van der Waals surface area contributed by atoms with E-state index in [9.17, 15) is 14.9 Å². The SMILES string of the molecule is CC1(NC(=O)Oc2ccc([N+](=O)[O-])cc2)CCN(c2ncnc3c2nc(-c2ccccc2Cl)n3-c2ccc(Cl)cc2)CC1. The molecule has 0 radical (unpaired) electrons. The van der Waals surface area contributed by atoms with Crippen LogP contribution in [0.25, 0.3) is 28.2 Å². The van der Waals surface area contributed by atoms with Crippen LogP contribution in [0.3, 0.4) is 0 Å². The minimum Gasteiger partial charge on any atom is -0.410 e. The first-order valence-electron chi connectivity index (χ1n) is 13.4. The van der Waals surface area contributed by atoms with Gasteiger partial charge in [0.1, 0.15) is 17.9 Å². The molecular weight excluding hydrogens is 593 g/mol. The van der Waals surface area contributed by atoms with E-state index in [0.29, 0.717) is 58.8 Å². The molecule has 0 spiro atoms. The third kappa shape index (κ3) is 5.81. The van der Waals surface area contributed by atoms with Crippen LogP contribution in [0.4, 0.5) is 16.3 Å². The molecule has 0 atom stereocenters. The first-order valence-corrected chi connectivity index (χ1v) is 14.2. The van der Waals surface area contributed by atoms with E-state index < -0.39 is 16.6 Å². The van der Waals surface area contributed by atoms with E-state index in [4.69, 9.17) is 32.9 Å². The molecule has 0 unspecified atom stereocenters. The van der Waals surface area contributed by atoms with E-state index in [2.05, 4.69) is 20.2 Å². The molecule has 6 rings (SSSR count). The average molecular weight is 618 g/mol. The molecule has 11 nitrogen and oxygen atoms in total. The van der Waals surface area contributed by atoms with Crippen molar-refractivity contribution in [3.63, 3.8) is 0 Å². The maximum Gasteiger partial charge on any atom is 0.413 e. The first-order chi connectivity index (χ1) is 20.7. The number of nitro benzene ring substituents is 1. The molecule has 1 N–H and O–H groups in total. The number of ether oxygens (including phenoxy) is 1. The molecule has 0 bridgehead atoms. The zero-order valence-electron chi connectivity index (χ0n) is 22.9. The Balaban J connectivity index is 1.25. The molecule has 3 heterocycles. The van der Waals surface area contributed by atoms with Gasteiger partial charge in [0.25, 0.3) is 5.69 Å². The lowest BCUT2D eigenvalue weighted by molar-refractivity contribution is -0.384. The summed E-state index contributed by atoms with van der Waals surface area (Å²) in [7, 11) is 0. The zero-order chi connectivity index (χ0) is 30.1. The number of amides is 1. The molecule has 43 heavy (non-hydrogen) atoms. The number of carbonyl (C=O) groups excluding carboxylic acids is 1. The molecule has 1 amide bonds. The third-order valence-corrected chi connectivity index (χ3v) is 8.03.